The molecule has 0 aromatic heterocycles. The summed E-state index contributed by atoms with van der Waals surface area (Å²) in [6.45, 7) is 6.88. The van der Waals surface area contributed by atoms with Crippen molar-refractivity contribution >= 4 is 21.7 Å². The number of rotatable bonds is 5. The highest BCUT2D eigenvalue weighted by Gasteiger charge is 2.17. The van der Waals surface area contributed by atoms with E-state index in [1.54, 1.807) is 24.3 Å². The average Bonchev–Trinajstić information content (AvgIpc) is 2.49. The molecule has 0 spiro atoms. The summed E-state index contributed by atoms with van der Waals surface area (Å²) in [7, 11) is -3.77. The van der Waals surface area contributed by atoms with Crippen molar-refractivity contribution in [2.24, 2.45) is 0 Å². The van der Waals surface area contributed by atoms with Gasteiger partial charge in [0.2, 0.25) is 0 Å². The number of esters is 1. The first-order chi connectivity index (χ1) is 10.8. The number of ether oxygens (including phenoxy) is 1. The lowest BCUT2D eigenvalue weighted by atomic mass is 10.2. The molecular weight excluding hydrogens is 314 g/mol. The van der Waals surface area contributed by atoms with Gasteiger partial charge in [-0.25, -0.2) is 13.2 Å². The molecule has 0 bridgehead atoms. The molecule has 0 aliphatic rings. The Kier molecular flexibility index (Phi) is 4.86. The Hall–Kier alpha value is -2.60. The van der Waals surface area contributed by atoms with Gasteiger partial charge in [-0.1, -0.05) is 36.4 Å². The van der Waals surface area contributed by atoms with Gasteiger partial charge < -0.3 is 4.74 Å². The zero-order valence-electron chi connectivity index (χ0n) is 12.9. The zero-order chi connectivity index (χ0) is 17.0. The minimum absolute atomic E-state index is 0.121. The Bertz CT molecular complexity index is 839. The third kappa shape index (κ3) is 4.20. The maximum atomic E-state index is 12.4. The van der Waals surface area contributed by atoms with Crippen molar-refractivity contribution < 1.29 is 17.9 Å². The van der Waals surface area contributed by atoms with Crippen LogP contribution in [0, 0.1) is 6.92 Å². The van der Waals surface area contributed by atoms with E-state index in [1.165, 1.54) is 31.2 Å². The zero-order valence-corrected chi connectivity index (χ0v) is 13.7. The first-order valence-electron chi connectivity index (χ1n) is 6.86. The summed E-state index contributed by atoms with van der Waals surface area (Å²) in [5.74, 6) is -0.497. The maximum absolute atomic E-state index is 12.4. The topological polar surface area (TPSA) is 72.5 Å². The molecule has 0 fully saturated rings. The summed E-state index contributed by atoms with van der Waals surface area (Å²) >= 11 is 0. The van der Waals surface area contributed by atoms with E-state index in [0.29, 0.717) is 0 Å². The number of aryl methyl sites for hydroxylation is 1. The van der Waals surface area contributed by atoms with Crippen molar-refractivity contribution in [2.75, 3.05) is 4.72 Å². The van der Waals surface area contributed by atoms with Gasteiger partial charge in [-0.15, -0.1) is 0 Å². The van der Waals surface area contributed by atoms with Gasteiger partial charge in [-0.05, 0) is 38.1 Å². The predicted octanol–water partition coefficient (Wildman–Crippen LogP) is 3.28. The second kappa shape index (κ2) is 6.66. The Morgan fingerprint density at radius 1 is 1.09 bits per heavy atom. The molecular formula is C17H17NO4S. The van der Waals surface area contributed by atoms with Gasteiger partial charge in [0.15, 0.2) is 5.75 Å². The van der Waals surface area contributed by atoms with Gasteiger partial charge in [-0.2, -0.15) is 0 Å². The fourth-order valence-electron chi connectivity index (χ4n) is 1.75. The lowest BCUT2D eigenvalue weighted by Gasteiger charge is -2.12. The Labute approximate surface area is 135 Å². The number of benzene rings is 2. The van der Waals surface area contributed by atoms with Crippen molar-refractivity contribution in [1.29, 1.82) is 0 Å². The maximum Gasteiger partial charge on any atom is 0.338 e. The molecule has 2 aromatic carbocycles. The molecule has 0 aliphatic carbocycles. The van der Waals surface area contributed by atoms with Gasteiger partial charge in [0.1, 0.15) is 0 Å². The molecule has 1 N–H and O–H groups in total. The Morgan fingerprint density at radius 2 is 1.70 bits per heavy atom. The monoisotopic (exact) mass is 331 g/mol. The van der Waals surface area contributed by atoms with Crippen LogP contribution in [0.2, 0.25) is 0 Å². The number of hydrogen-bond donors (Lipinski definition) is 1. The van der Waals surface area contributed by atoms with Gasteiger partial charge in [0, 0.05) is 5.57 Å². The Balaban J connectivity index is 2.31. The van der Waals surface area contributed by atoms with Crippen LogP contribution >= 0.6 is 0 Å². The molecule has 120 valence electrons. The smallest absolute Gasteiger partial charge is 0.338 e. The van der Waals surface area contributed by atoms with E-state index >= 15 is 0 Å². The van der Waals surface area contributed by atoms with Gasteiger partial charge in [0.05, 0.1) is 10.6 Å². The third-order valence-corrected chi connectivity index (χ3v) is 4.40. The first-order valence-corrected chi connectivity index (χ1v) is 8.34. The van der Waals surface area contributed by atoms with Crippen molar-refractivity contribution in [3.8, 4) is 5.75 Å². The quantitative estimate of drug-likeness (QED) is 0.518. The number of carbonyl (C=O) groups is 1. The molecule has 6 heteroatoms. The molecule has 23 heavy (non-hydrogen) atoms. The van der Waals surface area contributed by atoms with Crippen LogP contribution in [-0.2, 0) is 14.8 Å². The number of anilines is 1. The third-order valence-electron chi connectivity index (χ3n) is 3.01. The highest BCUT2D eigenvalue weighted by atomic mass is 32.2. The highest BCUT2D eigenvalue weighted by molar-refractivity contribution is 7.92. The number of para-hydroxylation sites is 2. The second-order valence-corrected chi connectivity index (χ2v) is 6.77. The SMILES string of the molecule is C=C(C)C(=O)Oc1ccccc1NS(=O)(=O)c1ccc(C)cc1. The number of nitrogens with one attached hydrogen (secondary N) is 1. The van der Waals surface area contributed by atoms with Gasteiger partial charge in [-0.3, -0.25) is 4.72 Å². The van der Waals surface area contributed by atoms with Crippen LogP contribution in [0.25, 0.3) is 0 Å². The Morgan fingerprint density at radius 3 is 2.30 bits per heavy atom. The molecule has 0 aliphatic heterocycles. The minimum atomic E-state index is -3.77. The largest absolute Gasteiger partial charge is 0.421 e. The van der Waals surface area contributed by atoms with E-state index in [4.69, 9.17) is 4.74 Å². The second-order valence-electron chi connectivity index (χ2n) is 5.08. The fraction of sp³-hybridized carbons (Fsp3) is 0.118. The van der Waals surface area contributed by atoms with Crippen molar-refractivity contribution in [3.63, 3.8) is 0 Å². The molecule has 0 saturated carbocycles. The molecule has 0 saturated heterocycles. The van der Waals surface area contributed by atoms with Crippen molar-refractivity contribution in [3.05, 3.63) is 66.2 Å². The number of carbonyl (C=O) groups excluding carboxylic acids is 1. The standard InChI is InChI=1S/C17H17NO4S/c1-12(2)17(19)22-16-7-5-4-6-15(16)18-23(20,21)14-10-8-13(3)9-11-14/h4-11,18H,1H2,2-3H3. The van der Waals surface area contributed by atoms with Crippen LogP contribution in [0.3, 0.4) is 0 Å². The average molecular weight is 331 g/mol. The fourth-order valence-corrected chi connectivity index (χ4v) is 2.82. The van der Waals surface area contributed by atoms with Crippen molar-refractivity contribution in [2.45, 2.75) is 18.7 Å². The molecule has 0 unspecified atom stereocenters. The lowest BCUT2D eigenvalue weighted by Crippen LogP contribution is -2.15. The van der Waals surface area contributed by atoms with Crippen molar-refractivity contribution in [1.82, 2.24) is 0 Å². The molecule has 0 atom stereocenters. The van der Waals surface area contributed by atoms with Crippen LogP contribution in [0.15, 0.2) is 65.6 Å². The summed E-state index contributed by atoms with van der Waals surface area (Å²) < 4.78 is 32.4. The number of sulfonamides is 1. The van der Waals surface area contributed by atoms with Crippen LogP contribution in [0.4, 0.5) is 5.69 Å². The van der Waals surface area contributed by atoms with E-state index in [9.17, 15) is 13.2 Å². The molecule has 0 heterocycles. The number of hydrogen-bond acceptors (Lipinski definition) is 4. The van der Waals surface area contributed by atoms with E-state index < -0.39 is 16.0 Å². The first kappa shape index (κ1) is 16.8. The molecule has 2 rings (SSSR count). The minimum Gasteiger partial charge on any atom is -0.421 e. The predicted molar refractivity (Wildman–Crippen MR) is 88.9 cm³/mol. The van der Waals surface area contributed by atoms with E-state index in [0.717, 1.165) is 5.56 Å². The summed E-state index contributed by atoms with van der Waals surface area (Å²) in [5.41, 5.74) is 1.36. The molecule has 0 amide bonds. The van der Waals surface area contributed by atoms with E-state index in [2.05, 4.69) is 11.3 Å². The van der Waals surface area contributed by atoms with Gasteiger partial charge in [0.25, 0.3) is 10.0 Å². The lowest BCUT2D eigenvalue weighted by molar-refractivity contribution is -0.130. The van der Waals surface area contributed by atoms with Crippen LogP contribution < -0.4 is 9.46 Å². The van der Waals surface area contributed by atoms with Crippen LogP contribution in [0.1, 0.15) is 12.5 Å². The van der Waals surface area contributed by atoms with Crippen LogP contribution in [0.5, 0.6) is 5.75 Å². The van der Waals surface area contributed by atoms with E-state index in [1.807, 2.05) is 6.92 Å². The summed E-state index contributed by atoms with van der Waals surface area (Å²) in [4.78, 5) is 11.8. The summed E-state index contributed by atoms with van der Waals surface area (Å²) in [5, 5.41) is 0. The van der Waals surface area contributed by atoms with Gasteiger partial charge >= 0.3 is 5.97 Å². The molecule has 0 radical (unpaired) electrons. The molecule has 5 nitrogen and oxygen atoms in total. The molecule has 2 aromatic rings. The summed E-state index contributed by atoms with van der Waals surface area (Å²) in [6, 6.07) is 12.8. The van der Waals surface area contributed by atoms with Crippen LogP contribution in [-0.4, -0.2) is 14.4 Å². The van der Waals surface area contributed by atoms with E-state index in [-0.39, 0.29) is 21.9 Å². The normalized spacial score (nSPS) is 10.9. The highest BCUT2D eigenvalue weighted by Crippen LogP contribution is 2.27. The summed E-state index contributed by atoms with van der Waals surface area (Å²) in [6.07, 6.45) is 0.